The number of hydrogen-bond donors (Lipinski definition) is 2. The third kappa shape index (κ3) is 7.07. The van der Waals surface area contributed by atoms with E-state index in [0.717, 1.165) is 6.54 Å². The molecule has 1 aliphatic heterocycles. The van der Waals surface area contributed by atoms with E-state index in [1.807, 2.05) is 0 Å². The summed E-state index contributed by atoms with van der Waals surface area (Å²) in [7, 11) is 0. The Morgan fingerprint density at radius 1 is 1.50 bits per heavy atom. The van der Waals surface area contributed by atoms with Crippen LogP contribution in [-0.4, -0.2) is 55.6 Å². The van der Waals surface area contributed by atoms with Crippen molar-refractivity contribution in [1.29, 1.82) is 0 Å². The molecule has 1 fully saturated rings. The monoisotopic (exact) mass is 274 g/mol. The molecule has 0 spiro atoms. The molecule has 0 bridgehead atoms. The van der Waals surface area contributed by atoms with E-state index in [2.05, 4.69) is 5.32 Å². The van der Waals surface area contributed by atoms with E-state index >= 15 is 0 Å². The number of halogens is 3. The molecule has 0 aromatic carbocycles. The fraction of sp³-hybridized carbons (Fsp3) is 0.778. The Hall–Kier alpha value is -1.35. The van der Waals surface area contributed by atoms with Crippen molar-refractivity contribution in [3.05, 3.63) is 0 Å². The van der Waals surface area contributed by atoms with Crippen molar-refractivity contribution in [2.24, 2.45) is 0 Å². The second-order valence-electron chi connectivity index (χ2n) is 3.23. The van der Waals surface area contributed by atoms with Crippen molar-refractivity contribution in [1.82, 2.24) is 0 Å². The minimum Gasteiger partial charge on any atom is -0.475 e. The maximum Gasteiger partial charge on any atom is 0.490 e. The number of ether oxygens (including phenoxy) is 2. The standard InChI is InChI=1S/C7H13NO3.C2HF3O2/c1-2-10-7(9)6-5-8-3-4-11-6;3-2(4,5)1(6)7/h6,8H,2-5H2,1H3;(H,6,7)/p+1. The second kappa shape index (κ2) is 7.88. The Labute approximate surface area is 101 Å². The summed E-state index contributed by atoms with van der Waals surface area (Å²) >= 11 is 0. The van der Waals surface area contributed by atoms with Crippen LogP contribution in [0.15, 0.2) is 0 Å². The first kappa shape index (κ1) is 16.6. The number of carbonyl (C=O) groups excluding carboxylic acids is 1. The summed E-state index contributed by atoms with van der Waals surface area (Å²) in [5.41, 5.74) is 0. The average molecular weight is 274 g/mol. The molecule has 0 aliphatic carbocycles. The van der Waals surface area contributed by atoms with Crippen molar-refractivity contribution in [3.8, 4) is 0 Å². The van der Waals surface area contributed by atoms with Crippen LogP contribution in [0.2, 0.25) is 0 Å². The largest absolute Gasteiger partial charge is 0.490 e. The molecule has 0 radical (unpaired) electrons. The predicted octanol–water partition coefficient (Wildman–Crippen LogP) is -0.855. The van der Waals surface area contributed by atoms with E-state index in [1.54, 1.807) is 6.92 Å². The Balaban J connectivity index is 0.000000360. The van der Waals surface area contributed by atoms with E-state index in [4.69, 9.17) is 19.4 Å². The summed E-state index contributed by atoms with van der Waals surface area (Å²) in [4.78, 5) is 19.9. The fourth-order valence-electron chi connectivity index (χ4n) is 1.03. The molecule has 1 rings (SSSR count). The smallest absolute Gasteiger partial charge is 0.475 e. The highest BCUT2D eigenvalue weighted by Crippen LogP contribution is 2.13. The van der Waals surface area contributed by atoms with Crippen LogP contribution in [-0.2, 0) is 19.1 Å². The minimum absolute atomic E-state index is 0.233. The number of alkyl halides is 3. The van der Waals surface area contributed by atoms with Gasteiger partial charge >= 0.3 is 18.1 Å². The van der Waals surface area contributed by atoms with Gasteiger partial charge in [-0.15, -0.1) is 0 Å². The molecule has 1 saturated heterocycles. The van der Waals surface area contributed by atoms with Crippen LogP contribution in [0.25, 0.3) is 0 Å². The van der Waals surface area contributed by atoms with Gasteiger partial charge in [0.25, 0.3) is 0 Å². The molecule has 0 saturated carbocycles. The molecular weight excluding hydrogens is 259 g/mol. The van der Waals surface area contributed by atoms with Gasteiger partial charge in [0.15, 0.2) is 0 Å². The van der Waals surface area contributed by atoms with Gasteiger partial charge in [-0.05, 0) is 6.92 Å². The number of carbonyl (C=O) groups is 2. The molecule has 1 aliphatic rings. The first-order valence-corrected chi connectivity index (χ1v) is 5.19. The summed E-state index contributed by atoms with van der Waals surface area (Å²) in [6.45, 7) is 4.50. The molecule has 1 unspecified atom stereocenters. The number of carboxylic acids is 1. The number of quaternary nitrogens is 1. The lowest BCUT2D eigenvalue weighted by molar-refractivity contribution is -0.674. The van der Waals surface area contributed by atoms with Crippen LogP contribution >= 0.6 is 0 Å². The highest BCUT2D eigenvalue weighted by Gasteiger charge is 2.38. The van der Waals surface area contributed by atoms with E-state index < -0.39 is 12.1 Å². The van der Waals surface area contributed by atoms with Gasteiger partial charge < -0.3 is 19.9 Å². The van der Waals surface area contributed by atoms with Crippen molar-refractivity contribution in [2.75, 3.05) is 26.3 Å². The quantitative estimate of drug-likeness (QED) is 0.640. The van der Waals surface area contributed by atoms with Gasteiger partial charge in [0, 0.05) is 0 Å². The van der Waals surface area contributed by atoms with Gasteiger partial charge in [-0.25, -0.2) is 9.59 Å². The molecular formula is C9H15F3NO5+. The Bertz CT molecular complexity index is 276. The molecule has 1 heterocycles. The number of esters is 1. The van der Waals surface area contributed by atoms with Gasteiger partial charge in [0.2, 0.25) is 6.10 Å². The van der Waals surface area contributed by atoms with Gasteiger partial charge in [-0.2, -0.15) is 13.2 Å². The van der Waals surface area contributed by atoms with Crippen molar-refractivity contribution >= 4 is 11.9 Å². The molecule has 18 heavy (non-hydrogen) atoms. The number of aliphatic carboxylic acids is 1. The Morgan fingerprint density at radius 3 is 2.39 bits per heavy atom. The van der Waals surface area contributed by atoms with E-state index in [1.165, 1.54) is 0 Å². The lowest BCUT2D eigenvalue weighted by Crippen LogP contribution is -2.90. The van der Waals surface area contributed by atoms with Gasteiger partial charge in [-0.3, -0.25) is 0 Å². The summed E-state index contributed by atoms with van der Waals surface area (Å²) in [6.07, 6.45) is -5.43. The number of morpholine rings is 1. The SMILES string of the molecule is CCOC(=O)C1C[NH2+]CCO1.O=C(O)C(F)(F)F. The van der Waals surface area contributed by atoms with Crippen LogP contribution in [0.4, 0.5) is 13.2 Å². The van der Waals surface area contributed by atoms with Crippen LogP contribution in [0.5, 0.6) is 0 Å². The molecule has 0 aromatic rings. The second-order valence-corrected chi connectivity index (χ2v) is 3.23. The van der Waals surface area contributed by atoms with E-state index in [0.29, 0.717) is 19.8 Å². The van der Waals surface area contributed by atoms with Gasteiger partial charge in [0.05, 0.1) is 19.8 Å². The normalized spacial score (nSPS) is 19.4. The van der Waals surface area contributed by atoms with E-state index in [9.17, 15) is 18.0 Å². The number of hydrogen-bond acceptors (Lipinski definition) is 4. The molecule has 6 nitrogen and oxygen atoms in total. The first-order chi connectivity index (χ1) is 8.29. The highest BCUT2D eigenvalue weighted by atomic mass is 19.4. The van der Waals surface area contributed by atoms with E-state index in [-0.39, 0.29) is 12.1 Å². The maximum atomic E-state index is 11.0. The maximum absolute atomic E-state index is 11.0. The van der Waals surface area contributed by atoms with Crippen LogP contribution in [0, 0.1) is 0 Å². The lowest BCUT2D eigenvalue weighted by atomic mass is 10.3. The van der Waals surface area contributed by atoms with Crippen LogP contribution in [0.1, 0.15) is 6.92 Å². The number of carboxylic acid groups (broad SMARTS) is 1. The van der Waals surface area contributed by atoms with Gasteiger partial charge in [-0.1, -0.05) is 0 Å². The lowest BCUT2D eigenvalue weighted by Gasteiger charge is -2.18. The van der Waals surface area contributed by atoms with Crippen LogP contribution < -0.4 is 5.32 Å². The zero-order valence-corrected chi connectivity index (χ0v) is 9.70. The van der Waals surface area contributed by atoms with Crippen LogP contribution in [0.3, 0.4) is 0 Å². The summed E-state index contributed by atoms with van der Waals surface area (Å²) < 4.78 is 41.7. The first-order valence-electron chi connectivity index (χ1n) is 5.19. The Kier molecular flexibility index (Phi) is 7.29. The molecule has 9 heteroatoms. The van der Waals surface area contributed by atoms with Crippen molar-refractivity contribution in [2.45, 2.75) is 19.2 Å². The third-order valence-electron chi connectivity index (χ3n) is 1.81. The van der Waals surface area contributed by atoms with Crippen molar-refractivity contribution < 1.29 is 42.7 Å². The molecule has 106 valence electrons. The number of rotatable bonds is 2. The Morgan fingerprint density at radius 2 is 2.06 bits per heavy atom. The fourth-order valence-corrected chi connectivity index (χ4v) is 1.03. The highest BCUT2D eigenvalue weighted by molar-refractivity contribution is 5.74. The topological polar surface area (TPSA) is 89.4 Å². The summed E-state index contributed by atoms with van der Waals surface area (Å²) in [6, 6.07) is 0. The van der Waals surface area contributed by atoms with Gasteiger partial charge in [0.1, 0.15) is 6.54 Å². The molecule has 0 amide bonds. The summed E-state index contributed by atoms with van der Waals surface area (Å²) in [5, 5.41) is 9.19. The minimum atomic E-state index is -5.08. The zero-order chi connectivity index (χ0) is 14.2. The average Bonchev–Trinajstić information content (AvgIpc) is 2.30. The van der Waals surface area contributed by atoms with Crippen molar-refractivity contribution in [3.63, 3.8) is 0 Å². The molecule has 1 atom stereocenters. The predicted molar refractivity (Wildman–Crippen MR) is 51.7 cm³/mol. The summed E-state index contributed by atoms with van der Waals surface area (Å²) in [5.74, 6) is -2.99. The number of nitrogens with two attached hydrogens (primary N) is 1. The third-order valence-corrected chi connectivity index (χ3v) is 1.81. The molecule has 0 aromatic heterocycles. The zero-order valence-electron chi connectivity index (χ0n) is 9.70. The molecule has 3 N–H and O–H groups in total.